The van der Waals surface area contributed by atoms with Gasteiger partial charge in [-0.1, -0.05) is 6.92 Å². The van der Waals surface area contributed by atoms with Gasteiger partial charge < -0.3 is 4.74 Å². The van der Waals surface area contributed by atoms with Crippen LogP contribution in [0.5, 0.6) is 0 Å². The van der Waals surface area contributed by atoms with E-state index in [1.54, 1.807) is 7.11 Å². The molecule has 0 amide bonds. The Morgan fingerprint density at radius 1 is 1.56 bits per heavy atom. The summed E-state index contributed by atoms with van der Waals surface area (Å²) in [4.78, 5) is 0. The van der Waals surface area contributed by atoms with Crippen molar-refractivity contribution in [2.45, 2.75) is 57.1 Å². The van der Waals surface area contributed by atoms with Gasteiger partial charge >= 0.3 is 0 Å². The van der Waals surface area contributed by atoms with E-state index in [2.05, 4.69) is 18.3 Å². The third kappa shape index (κ3) is 2.98. The molecule has 3 N–H and O–H groups in total. The lowest BCUT2D eigenvalue weighted by Gasteiger charge is -2.43. The van der Waals surface area contributed by atoms with Gasteiger partial charge in [0.15, 0.2) is 0 Å². The van der Waals surface area contributed by atoms with Gasteiger partial charge in [0.1, 0.15) is 0 Å². The molecule has 1 atom stereocenters. The first-order chi connectivity index (χ1) is 7.68. The molecule has 1 aliphatic carbocycles. The third-order valence-corrected chi connectivity index (χ3v) is 3.94. The average Bonchev–Trinajstić information content (AvgIpc) is 2.32. The van der Waals surface area contributed by atoms with E-state index in [1.807, 2.05) is 0 Å². The molecule has 92 valence electrons. The Morgan fingerprint density at radius 3 is 2.62 bits per heavy atom. The molecule has 0 aromatic rings. The number of hydrogen-bond acceptors (Lipinski definition) is 3. The largest absolute Gasteiger partial charge is 0.377 e. The first-order valence-electron chi connectivity index (χ1n) is 6.13. The van der Waals surface area contributed by atoms with Crippen molar-refractivity contribution >= 4 is 0 Å². The zero-order chi connectivity index (χ0) is 12.0. The molecule has 0 aromatic heterocycles. The summed E-state index contributed by atoms with van der Waals surface area (Å²) in [5.41, 5.74) is 2.78. The predicted octanol–water partition coefficient (Wildman–Crippen LogP) is 1.83. The summed E-state index contributed by atoms with van der Waals surface area (Å²) in [6, 6.07) is 0.168. The van der Waals surface area contributed by atoms with E-state index in [0.717, 1.165) is 31.6 Å². The van der Waals surface area contributed by atoms with Gasteiger partial charge in [-0.25, -0.2) is 0 Å². The number of nitrogens with two attached hydrogens (primary N) is 1. The van der Waals surface area contributed by atoms with Crippen molar-refractivity contribution < 1.29 is 4.74 Å². The number of rotatable bonds is 5. The average molecular weight is 224 g/mol. The van der Waals surface area contributed by atoms with Crippen molar-refractivity contribution in [1.29, 1.82) is 0 Å². The Hall–Kier alpha value is -0.560. The van der Waals surface area contributed by atoms with Crippen LogP contribution in [0.4, 0.5) is 0 Å². The van der Waals surface area contributed by atoms with Crippen LogP contribution in [0.3, 0.4) is 0 Å². The van der Waals surface area contributed by atoms with Crippen LogP contribution >= 0.6 is 0 Å². The standard InChI is InChI=1S/C13H24N2O/c1-4-5-6-12(15-14)13(16-3)9-7-11(2)8-10-13/h1,11-12,15H,5-10,14H2,2-3H3. The second-order valence-corrected chi connectivity index (χ2v) is 4.91. The van der Waals surface area contributed by atoms with E-state index in [0.29, 0.717) is 0 Å². The van der Waals surface area contributed by atoms with Gasteiger partial charge in [0, 0.05) is 13.5 Å². The summed E-state index contributed by atoms with van der Waals surface area (Å²) < 4.78 is 5.77. The summed E-state index contributed by atoms with van der Waals surface area (Å²) in [7, 11) is 1.79. The van der Waals surface area contributed by atoms with Crippen molar-refractivity contribution in [1.82, 2.24) is 5.43 Å². The van der Waals surface area contributed by atoms with Gasteiger partial charge in [0.05, 0.1) is 11.6 Å². The fourth-order valence-electron chi connectivity index (χ4n) is 2.67. The van der Waals surface area contributed by atoms with E-state index < -0.39 is 0 Å². The Bertz CT molecular complexity index is 239. The molecule has 1 saturated carbocycles. The van der Waals surface area contributed by atoms with Gasteiger partial charge in [0.2, 0.25) is 0 Å². The van der Waals surface area contributed by atoms with Crippen molar-refractivity contribution in [2.24, 2.45) is 11.8 Å². The first-order valence-corrected chi connectivity index (χ1v) is 6.13. The summed E-state index contributed by atoms with van der Waals surface area (Å²) >= 11 is 0. The number of terminal acetylenes is 1. The maximum Gasteiger partial charge on any atom is 0.0844 e. The molecule has 0 radical (unpaired) electrons. The number of ether oxygens (including phenoxy) is 1. The Kier molecular flexibility index (Phi) is 5.27. The third-order valence-electron chi connectivity index (χ3n) is 3.94. The Balaban J connectivity index is 2.65. The number of methoxy groups -OCH3 is 1. The molecule has 3 nitrogen and oxygen atoms in total. The highest BCUT2D eigenvalue weighted by Gasteiger charge is 2.40. The fraction of sp³-hybridized carbons (Fsp3) is 0.846. The molecule has 0 bridgehead atoms. The fourth-order valence-corrected chi connectivity index (χ4v) is 2.67. The predicted molar refractivity (Wildman–Crippen MR) is 66.6 cm³/mol. The van der Waals surface area contributed by atoms with Gasteiger partial charge in [-0.15, -0.1) is 12.3 Å². The van der Waals surface area contributed by atoms with Crippen molar-refractivity contribution in [2.75, 3.05) is 7.11 Å². The van der Waals surface area contributed by atoms with Gasteiger partial charge in [-0.3, -0.25) is 11.3 Å². The highest BCUT2D eigenvalue weighted by atomic mass is 16.5. The van der Waals surface area contributed by atoms with Crippen molar-refractivity contribution in [3.8, 4) is 12.3 Å². The topological polar surface area (TPSA) is 47.3 Å². The van der Waals surface area contributed by atoms with Gasteiger partial charge in [0.25, 0.3) is 0 Å². The molecular formula is C13H24N2O. The second kappa shape index (κ2) is 6.24. The van der Waals surface area contributed by atoms with Gasteiger partial charge in [-0.2, -0.15) is 0 Å². The summed E-state index contributed by atoms with van der Waals surface area (Å²) in [6.07, 6.45) is 11.5. The smallest absolute Gasteiger partial charge is 0.0844 e. The maximum atomic E-state index is 5.77. The lowest BCUT2D eigenvalue weighted by atomic mass is 9.74. The van der Waals surface area contributed by atoms with Crippen LogP contribution in [-0.2, 0) is 4.74 Å². The molecule has 1 unspecified atom stereocenters. The summed E-state index contributed by atoms with van der Waals surface area (Å²) in [6.45, 7) is 2.30. The van der Waals surface area contributed by atoms with E-state index in [1.165, 1.54) is 12.8 Å². The SMILES string of the molecule is C#CCCC(NN)C1(OC)CCC(C)CC1. The number of hydrazine groups is 1. The highest BCUT2D eigenvalue weighted by molar-refractivity contribution is 4.97. The Morgan fingerprint density at radius 2 is 2.19 bits per heavy atom. The van der Waals surface area contributed by atoms with Gasteiger partial charge in [-0.05, 0) is 38.0 Å². The van der Waals surface area contributed by atoms with E-state index in [-0.39, 0.29) is 11.6 Å². The molecule has 1 fully saturated rings. The van der Waals surface area contributed by atoms with E-state index >= 15 is 0 Å². The molecular weight excluding hydrogens is 200 g/mol. The minimum atomic E-state index is -0.113. The van der Waals surface area contributed by atoms with Crippen molar-refractivity contribution in [3.05, 3.63) is 0 Å². The maximum absolute atomic E-state index is 5.77. The monoisotopic (exact) mass is 224 g/mol. The van der Waals surface area contributed by atoms with E-state index in [9.17, 15) is 0 Å². The normalized spacial score (nSPS) is 32.0. The number of nitrogens with one attached hydrogen (secondary N) is 1. The zero-order valence-corrected chi connectivity index (χ0v) is 10.5. The van der Waals surface area contributed by atoms with Crippen LogP contribution in [0.25, 0.3) is 0 Å². The van der Waals surface area contributed by atoms with E-state index in [4.69, 9.17) is 17.0 Å². The lowest BCUT2D eigenvalue weighted by molar-refractivity contribution is -0.0762. The molecule has 3 heteroatoms. The second-order valence-electron chi connectivity index (χ2n) is 4.91. The molecule has 16 heavy (non-hydrogen) atoms. The van der Waals surface area contributed by atoms with Crippen LogP contribution in [-0.4, -0.2) is 18.8 Å². The van der Waals surface area contributed by atoms with Crippen LogP contribution < -0.4 is 11.3 Å². The molecule has 0 saturated heterocycles. The Labute approximate surface area is 99.1 Å². The molecule has 1 aliphatic rings. The summed E-state index contributed by atoms with van der Waals surface area (Å²) in [5.74, 6) is 9.11. The molecule has 1 rings (SSSR count). The van der Waals surface area contributed by atoms with Crippen LogP contribution in [0.15, 0.2) is 0 Å². The molecule has 0 heterocycles. The minimum absolute atomic E-state index is 0.113. The minimum Gasteiger partial charge on any atom is -0.377 e. The summed E-state index contributed by atoms with van der Waals surface area (Å²) in [5, 5.41) is 0. The van der Waals surface area contributed by atoms with Crippen LogP contribution in [0.2, 0.25) is 0 Å². The molecule has 0 aromatic carbocycles. The lowest BCUT2D eigenvalue weighted by Crippen LogP contribution is -2.55. The first kappa shape index (κ1) is 13.5. The van der Waals surface area contributed by atoms with Crippen molar-refractivity contribution in [3.63, 3.8) is 0 Å². The van der Waals surface area contributed by atoms with Crippen LogP contribution in [0, 0.1) is 18.3 Å². The highest BCUT2D eigenvalue weighted by Crippen LogP contribution is 2.37. The van der Waals surface area contributed by atoms with Crippen LogP contribution in [0.1, 0.15) is 45.4 Å². The quantitative estimate of drug-likeness (QED) is 0.425. The number of hydrogen-bond donors (Lipinski definition) is 2. The molecule has 0 spiro atoms. The molecule has 0 aliphatic heterocycles. The zero-order valence-electron chi connectivity index (χ0n) is 10.5.